The van der Waals surface area contributed by atoms with Gasteiger partial charge in [-0.05, 0) is 19.8 Å². The van der Waals surface area contributed by atoms with Crippen LogP contribution in [0.15, 0.2) is 0 Å². The van der Waals surface area contributed by atoms with E-state index in [-0.39, 0.29) is 16.9 Å². The van der Waals surface area contributed by atoms with Crippen molar-refractivity contribution in [3.05, 3.63) is 0 Å². The van der Waals surface area contributed by atoms with Gasteiger partial charge in [0, 0.05) is 18.6 Å². The molecule has 1 aliphatic heterocycles. The van der Waals surface area contributed by atoms with Crippen LogP contribution in [-0.2, 0) is 14.8 Å². The molecule has 0 aromatic rings. The summed E-state index contributed by atoms with van der Waals surface area (Å²) in [6.45, 7) is 4.91. The predicted octanol–water partition coefficient (Wildman–Crippen LogP) is 0.396. The summed E-state index contributed by atoms with van der Waals surface area (Å²) in [6, 6.07) is -0.147. The lowest BCUT2D eigenvalue weighted by molar-refractivity contribution is 0.180. The molecule has 5 nitrogen and oxygen atoms in total. The quantitative estimate of drug-likeness (QED) is 0.688. The van der Waals surface area contributed by atoms with Gasteiger partial charge >= 0.3 is 0 Å². The number of sulfonamides is 1. The molecule has 0 saturated carbocycles. The third-order valence-corrected chi connectivity index (χ3v) is 5.56. The first-order chi connectivity index (χ1) is 7.88. The Morgan fingerprint density at radius 2 is 2.29 bits per heavy atom. The second-order valence-corrected chi connectivity index (χ2v) is 6.74. The van der Waals surface area contributed by atoms with Crippen LogP contribution in [0.5, 0.6) is 0 Å². The minimum Gasteiger partial charge on any atom is -0.392 e. The molecule has 0 amide bonds. The molecule has 3 atom stereocenters. The van der Waals surface area contributed by atoms with Crippen molar-refractivity contribution < 1.29 is 13.2 Å². The van der Waals surface area contributed by atoms with Crippen molar-refractivity contribution in [3.8, 4) is 0 Å². The standard InChI is InChI=1S/C10H20N2O3S2/c1-3-9(10(11)16)17(13,14)12-7(2)8-4-5-15-6-8/h7-9,12H,3-6H2,1-2H3,(H2,11,16). The van der Waals surface area contributed by atoms with Gasteiger partial charge in [0.1, 0.15) is 5.25 Å². The maximum Gasteiger partial charge on any atom is 0.221 e. The van der Waals surface area contributed by atoms with Crippen molar-refractivity contribution in [2.45, 2.75) is 38.0 Å². The van der Waals surface area contributed by atoms with Crippen molar-refractivity contribution in [1.29, 1.82) is 0 Å². The highest BCUT2D eigenvalue weighted by atomic mass is 32.2. The van der Waals surface area contributed by atoms with Crippen molar-refractivity contribution in [2.24, 2.45) is 11.7 Å². The summed E-state index contributed by atoms with van der Waals surface area (Å²) in [7, 11) is -3.48. The highest BCUT2D eigenvalue weighted by molar-refractivity contribution is 7.93. The topological polar surface area (TPSA) is 81.4 Å². The van der Waals surface area contributed by atoms with Gasteiger partial charge in [0.25, 0.3) is 0 Å². The predicted molar refractivity (Wildman–Crippen MR) is 71.3 cm³/mol. The molecular weight excluding hydrogens is 260 g/mol. The summed E-state index contributed by atoms with van der Waals surface area (Å²) in [5.41, 5.74) is 5.45. The highest BCUT2D eigenvalue weighted by Gasteiger charge is 2.31. The zero-order valence-electron chi connectivity index (χ0n) is 10.2. The van der Waals surface area contributed by atoms with Gasteiger partial charge in [0.15, 0.2) is 0 Å². The largest absolute Gasteiger partial charge is 0.392 e. The van der Waals surface area contributed by atoms with E-state index in [2.05, 4.69) is 4.72 Å². The SMILES string of the molecule is CCC(C(N)=S)S(=O)(=O)NC(C)C1CCOC1. The minimum atomic E-state index is -3.48. The van der Waals surface area contributed by atoms with Gasteiger partial charge < -0.3 is 10.5 Å². The van der Waals surface area contributed by atoms with Crippen LogP contribution in [0.2, 0.25) is 0 Å². The van der Waals surface area contributed by atoms with E-state index in [1.165, 1.54) is 0 Å². The van der Waals surface area contributed by atoms with E-state index in [1.54, 1.807) is 6.92 Å². The Labute approximate surface area is 108 Å². The molecule has 100 valence electrons. The normalized spacial score (nSPS) is 24.5. The summed E-state index contributed by atoms with van der Waals surface area (Å²) in [5.74, 6) is 0.230. The molecule has 1 aliphatic rings. The highest BCUT2D eigenvalue weighted by Crippen LogP contribution is 2.18. The molecule has 0 spiro atoms. The molecule has 7 heteroatoms. The lowest BCUT2D eigenvalue weighted by Crippen LogP contribution is -2.47. The average Bonchev–Trinajstić information content (AvgIpc) is 2.68. The van der Waals surface area contributed by atoms with Gasteiger partial charge in [-0.2, -0.15) is 0 Å². The van der Waals surface area contributed by atoms with Gasteiger partial charge in [-0.1, -0.05) is 19.1 Å². The number of rotatable bonds is 6. The molecule has 1 fully saturated rings. The molecule has 0 radical (unpaired) electrons. The summed E-state index contributed by atoms with van der Waals surface area (Å²) >= 11 is 4.79. The number of thiocarbonyl (C=S) groups is 1. The molecule has 0 aromatic carbocycles. The Bertz CT molecular complexity index is 364. The average molecular weight is 280 g/mol. The third kappa shape index (κ3) is 3.87. The van der Waals surface area contributed by atoms with Crippen LogP contribution in [0.4, 0.5) is 0 Å². The Morgan fingerprint density at radius 1 is 1.65 bits per heavy atom. The summed E-state index contributed by atoms with van der Waals surface area (Å²) in [4.78, 5) is 0.0230. The number of ether oxygens (including phenoxy) is 1. The van der Waals surface area contributed by atoms with E-state index in [4.69, 9.17) is 22.7 Å². The number of hydrogen-bond donors (Lipinski definition) is 2. The molecular formula is C10H20N2O3S2. The summed E-state index contributed by atoms with van der Waals surface area (Å²) in [5, 5.41) is -0.790. The molecule has 1 rings (SSSR count). The number of nitrogens with two attached hydrogens (primary N) is 1. The Kier molecular flexibility index (Phi) is 5.30. The first kappa shape index (κ1) is 14.8. The summed E-state index contributed by atoms with van der Waals surface area (Å²) < 4.78 is 32.0. The molecule has 1 saturated heterocycles. The van der Waals surface area contributed by atoms with Crippen LogP contribution >= 0.6 is 12.2 Å². The maximum atomic E-state index is 12.1. The monoisotopic (exact) mass is 280 g/mol. The van der Waals surface area contributed by atoms with Gasteiger partial charge in [0.2, 0.25) is 10.0 Å². The minimum absolute atomic E-state index is 0.0230. The van der Waals surface area contributed by atoms with E-state index < -0.39 is 15.3 Å². The molecule has 17 heavy (non-hydrogen) atoms. The molecule has 3 unspecified atom stereocenters. The fourth-order valence-corrected chi connectivity index (χ4v) is 4.12. The van der Waals surface area contributed by atoms with E-state index in [1.807, 2.05) is 6.92 Å². The van der Waals surface area contributed by atoms with Crippen LogP contribution in [-0.4, -0.2) is 37.9 Å². The second-order valence-electron chi connectivity index (χ2n) is 4.37. The zero-order chi connectivity index (χ0) is 13.1. The van der Waals surface area contributed by atoms with Gasteiger partial charge in [-0.25, -0.2) is 13.1 Å². The van der Waals surface area contributed by atoms with Crippen LogP contribution in [0.25, 0.3) is 0 Å². The Hall–Kier alpha value is -0.240. The molecule has 3 N–H and O–H groups in total. The maximum absolute atomic E-state index is 12.1. The van der Waals surface area contributed by atoms with Crippen molar-refractivity contribution in [2.75, 3.05) is 13.2 Å². The first-order valence-electron chi connectivity index (χ1n) is 5.76. The van der Waals surface area contributed by atoms with E-state index in [0.29, 0.717) is 19.6 Å². The van der Waals surface area contributed by atoms with E-state index >= 15 is 0 Å². The van der Waals surface area contributed by atoms with Crippen LogP contribution in [0.1, 0.15) is 26.7 Å². The summed E-state index contributed by atoms with van der Waals surface area (Å²) in [6.07, 6.45) is 1.27. The molecule has 0 aromatic heterocycles. The fourth-order valence-electron chi connectivity index (χ4n) is 1.96. The smallest absolute Gasteiger partial charge is 0.221 e. The zero-order valence-corrected chi connectivity index (χ0v) is 11.8. The van der Waals surface area contributed by atoms with Gasteiger partial charge in [0.05, 0.1) is 11.6 Å². The molecule has 0 bridgehead atoms. The van der Waals surface area contributed by atoms with E-state index in [0.717, 1.165) is 6.42 Å². The van der Waals surface area contributed by atoms with Gasteiger partial charge in [-0.15, -0.1) is 0 Å². The molecule has 0 aliphatic carbocycles. The van der Waals surface area contributed by atoms with Crippen LogP contribution in [0.3, 0.4) is 0 Å². The third-order valence-electron chi connectivity index (χ3n) is 3.08. The van der Waals surface area contributed by atoms with Crippen molar-refractivity contribution in [1.82, 2.24) is 4.72 Å². The lowest BCUT2D eigenvalue weighted by Gasteiger charge is -2.22. The number of hydrogen-bond acceptors (Lipinski definition) is 4. The Balaban J connectivity index is 2.67. The first-order valence-corrected chi connectivity index (χ1v) is 7.72. The van der Waals surface area contributed by atoms with Crippen molar-refractivity contribution in [3.63, 3.8) is 0 Å². The van der Waals surface area contributed by atoms with E-state index in [9.17, 15) is 8.42 Å². The van der Waals surface area contributed by atoms with Crippen LogP contribution in [0, 0.1) is 5.92 Å². The molecule has 1 heterocycles. The van der Waals surface area contributed by atoms with Crippen molar-refractivity contribution >= 4 is 27.2 Å². The van der Waals surface area contributed by atoms with Crippen LogP contribution < -0.4 is 10.5 Å². The Morgan fingerprint density at radius 3 is 2.71 bits per heavy atom. The number of nitrogens with one attached hydrogen (secondary N) is 1. The van der Waals surface area contributed by atoms with Gasteiger partial charge in [-0.3, -0.25) is 0 Å². The lowest BCUT2D eigenvalue weighted by atomic mass is 10.0. The fraction of sp³-hybridized carbons (Fsp3) is 0.900. The second kappa shape index (κ2) is 6.08.